The van der Waals surface area contributed by atoms with Gasteiger partial charge in [-0.1, -0.05) is 164 Å². The fourth-order valence-electron chi connectivity index (χ4n) is 11.9. The molecule has 0 N–H and O–H groups in total. The molecule has 2 aliphatic rings. The first-order valence-electron chi connectivity index (χ1n) is 23.0. The van der Waals surface area contributed by atoms with Gasteiger partial charge >= 0.3 is 0 Å². The van der Waals surface area contributed by atoms with Crippen LogP contribution >= 0.6 is 0 Å². The van der Waals surface area contributed by atoms with Gasteiger partial charge in [-0.15, -0.1) is 0 Å². The van der Waals surface area contributed by atoms with Gasteiger partial charge in [-0.25, -0.2) is 0 Å². The summed E-state index contributed by atoms with van der Waals surface area (Å²) in [6.45, 7) is 0. The molecule has 2 aromatic heterocycles. The number of hydrogen-bond acceptors (Lipinski definition) is 3. The standard InChI is InChI=1S/C63H38N2O2/c1-2-17-42-39(15-1)16-13-27-54(42)65-55-26-9-4-19-44(55)45-33-31-40(37-57(45)65)64(41-32-34-47-46-20-5-10-28-58(46)66-61(47)38-41)56-36-35-48-43-18-3-6-22-50(43)63(53-25-14-21-49(56)62(48)53)51-23-7-11-29-59(51)67-60-30-12-8-24-52(60)63/h1-38H. The molecule has 0 radical (unpaired) electrons. The number of para-hydroxylation sites is 4. The number of hydrogen-bond donors (Lipinski definition) is 0. The average Bonchev–Trinajstić information content (AvgIpc) is 3.93. The molecule has 4 nitrogen and oxygen atoms in total. The van der Waals surface area contributed by atoms with Crippen molar-refractivity contribution in [3.05, 3.63) is 253 Å². The van der Waals surface area contributed by atoms with Gasteiger partial charge in [0.1, 0.15) is 22.7 Å². The highest BCUT2D eigenvalue weighted by Crippen LogP contribution is 2.62. The lowest BCUT2D eigenvalue weighted by atomic mass is 9.58. The van der Waals surface area contributed by atoms with Crippen LogP contribution in [0.25, 0.3) is 82.1 Å². The molecule has 0 atom stereocenters. The van der Waals surface area contributed by atoms with Gasteiger partial charge < -0.3 is 18.6 Å². The van der Waals surface area contributed by atoms with E-state index >= 15 is 0 Å². The molecule has 0 fully saturated rings. The van der Waals surface area contributed by atoms with Gasteiger partial charge in [-0.2, -0.15) is 0 Å². The number of anilines is 3. The molecular weight excluding hydrogens is 817 g/mol. The molecule has 1 aliphatic heterocycles. The topological polar surface area (TPSA) is 30.5 Å². The maximum absolute atomic E-state index is 6.74. The van der Waals surface area contributed by atoms with Crippen LogP contribution in [0, 0.1) is 0 Å². The molecule has 0 bridgehead atoms. The third-order valence-electron chi connectivity index (χ3n) is 14.6. The van der Waals surface area contributed by atoms with Crippen molar-refractivity contribution in [3.63, 3.8) is 0 Å². The van der Waals surface area contributed by atoms with Crippen molar-refractivity contribution in [2.45, 2.75) is 5.41 Å². The highest BCUT2D eigenvalue weighted by atomic mass is 16.5. The first kappa shape index (κ1) is 36.5. The summed E-state index contributed by atoms with van der Waals surface area (Å²) in [5.41, 5.74) is 14.9. The van der Waals surface area contributed by atoms with Crippen molar-refractivity contribution in [1.29, 1.82) is 0 Å². The minimum Gasteiger partial charge on any atom is -0.457 e. The molecule has 0 amide bonds. The fraction of sp³-hybridized carbons (Fsp3) is 0.0159. The van der Waals surface area contributed by atoms with Crippen LogP contribution in [0.3, 0.4) is 0 Å². The van der Waals surface area contributed by atoms with E-state index in [2.05, 4.69) is 234 Å². The largest absolute Gasteiger partial charge is 0.457 e. The van der Waals surface area contributed by atoms with Gasteiger partial charge in [-0.3, -0.25) is 0 Å². The van der Waals surface area contributed by atoms with Crippen LogP contribution in [0.1, 0.15) is 22.3 Å². The number of rotatable bonds is 4. The van der Waals surface area contributed by atoms with Crippen LogP contribution in [-0.4, -0.2) is 4.57 Å². The Morgan fingerprint density at radius 2 is 0.970 bits per heavy atom. The number of furan rings is 1. The van der Waals surface area contributed by atoms with E-state index < -0.39 is 5.41 Å². The number of nitrogens with zero attached hydrogens (tertiary/aromatic N) is 2. The first-order chi connectivity index (χ1) is 33.2. The number of ether oxygens (including phenoxy) is 1. The SMILES string of the molecule is c1ccc2c(c1)Oc1ccccc1C21c2ccccc2-c2ccc(N(c3ccc4c(c3)oc3ccccc34)c3ccc4c5ccccc5n(-c5cccc6ccccc56)c4c3)c3cccc1c23. The minimum absolute atomic E-state index is 0.635. The Morgan fingerprint density at radius 1 is 0.373 bits per heavy atom. The second-order valence-corrected chi connectivity index (χ2v) is 17.9. The van der Waals surface area contributed by atoms with Crippen LogP contribution < -0.4 is 9.64 Å². The van der Waals surface area contributed by atoms with Gasteiger partial charge in [0, 0.05) is 60.9 Å². The molecular formula is C63H38N2O2. The summed E-state index contributed by atoms with van der Waals surface area (Å²) in [6.07, 6.45) is 0. The van der Waals surface area contributed by atoms with Crippen molar-refractivity contribution in [1.82, 2.24) is 4.57 Å². The molecule has 1 aliphatic carbocycles. The molecule has 3 heterocycles. The maximum atomic E-state index is 6.74. The van der Waals surface area contributed by atoms with E-state index in [-0.39, 0.29) is 0 Å². The number of benzene rings is 11. The Bertz CT molecular complexity index is 4180. The molecule has 4 heteroatoms. The van der Waals surface area contributed by atoms with Crippen molar-refractivity contribution >= 4 is 82.4 Å². The monoisotopic (exact) mass is 854 g/mol. The Balaban J connectivity index is 1.05. The molecule has 11 aromatic carbocycles. The summed E-state index contributed by atoms with van der Waals surface area (Å²) in [5.74, 6) is 1.76. The second-order valence-electron chi connectivity index (χ2n) is 17.9. The fourth-order valence-corrected chi connectivity index (χ4v) is 11.9. The molecule has 0 saturated heterocycles. The molecule has 15 rings (SSSR count). The van der Waals surface area contributed by atoms with E-state index in [1.165, 1.54) is 54.7 Å². The van der Waals surface area contributed by atoms with E-state index in [0.29, 0.717) is 0 Å². The van der Waals surface area contributed by atoms with Crippen molar-refractivity contribution < 1.29 is 9.15 Å². The third kappa shape index (κ3) is 4.91. The summed E-state index contributed by atoms with van der Waals surface area (Å²) in [7, 11) is 0. The third-order valence-corrected chi connectivity index (χ3v) is 14.6. The van der Waals surface area contributed by atoms with Crippen molar-refractivity contribution in [2.75, 3.05) is 4.90 Å². The predicted octanol–water partition coefficient (Wildman–Crippen LogP) is 16.9. The van der Waals surface area contributed by atoms with E-state index in [1.54, 1.807) is 0 Å². The lowest BCUT2D eigenvalue weighted by Crippen LogP contribution is -2.36. The van der Waals surface area contributed by atoms with Crippen molar-refractivity contribution in [2.24, 2.45) is 0 Å². The zero-order valence-electron chi connectivity index (χ0n) is 36.2. The van der Waals surface area contributed by atoms with E-state index in [9.17, 15) is 0 Å². The Morgan fingerprint density at radius 3 is 1.82 bits per heavy atom. The second kappa shape index (κ2) is 13.6. The molecule has 312 valence electrons. The molecule has 1 spiro atoms. The van der Waals surface area contributed by atoms with Gasteiger partial charge in [0.15, 0.2) is 0 Å². The average molecular weight is 855 g/mol. The summed E-state index contributed by atoms with van der Waals surface area (Å²) < 4.78 is 15.8. The number of fused-ring (bicyclic) bond motifs is 15. The van der Waals surface area contributed by atoms with Crippen LogP contribution in [0.5, 0.6) is 11.5 Å². The summed E-state index contributed by atoms with van der Waals surface area (Å²) in [4.78, 5) is 2.44. The first-order valence-corrected chi connectivity index (χ1v) is 23.0. The van der Waals surface area contributed by atoms with Gasteiger partial charge in [0.25, 0.3) is 0 Å². The molecule has 0 saturated carbocycles. The minimum atomic E-state index is -0.635. The molecule has 67 heavy (non-hydrogen) atoms. The van der Waals surface area contributed by atoms with Crippen molar-refractivity contribution in [3.8, 4) is 28.3 Å². The number of aromatic nitrogens is 1. The van der Waals surface area contributed by atoms with Crippen LogP contribution in [0.15, 0.2) is 235 Å². The predicted molar refractivity (Wildman–Crippen MR) is 275 cm³/mol. The van der Waals surface area contributed by atoms with Gasteiger partial charge in [0.2, 0.25) is 0 Å². The zero-order valence-corrected chi connectivity index (χ0v) is 36.2. The van der Waals surface area contributed by atoms with Gasteiger partial charge in [-0.05, 0) is 93.7 Å². The van der Waals surface area contributed by atoms with Crippen LogP contribution in [-0.2, 0) is 5.41 Å². The summed E-state index contributed by atoms with van der Waals surface area (Å²) >= 11 is 0. The van der Waals surface area contributed by atoms with E-state index in [1.807, 2.05) is 6.07 Å². The Labute approximate surface area is 385 Å². The Kier molecular flexibility index (Phi) is 7.40. The lowest BCUT2D eigenvalue weighted by Gasteiger charge is -2.45. The van der Waals surface area contributed by atoms with Gasteiger partial charge in [0.05, 0.1) is 27.8 Å². The molecule has 0 unspecified atom stereocenters. The highest BCUT2D eigenvalue weighted by Gasteiger charge is 2.49. The van der Waals surface area contributed by atoms with E-state index in [0.717, 1.165) is 78.2 Å². The summed E-state index contributed by atoms with van der Waals surface area (Å²) in [5, 5.41) is 9.43. The smallest absolute Gasteiger partial charge is 0.137 e. The Hall–Kier alpha value is -8.86. The highest BCUT2D eigenvalue weighted by molar-refractivity contribution is 6.15. The maximum Gasteiger partial charge on any atom is 0.137 e. The lowest BCUT2D eigenvalue weighted by molar-refractivity contribution is 0.435. The zero-order chi connectivity index (χ0) is 43.8. The van der Waals surface area contributed by atoms with E-state index in [4.69, 9.17) is 9.15 Å². The normalized spacial score (nSPS) is 13.3. The quantitative estimate of drug-likeness (QED) is 0.177. The van der Waals surface area contributed by atoms with Crippen LogP contribution in [0.4, 0.5) is 17.1 Å². The molecule has 13 aromatic rings. The van der Waals surface area contributed by atoms with Crippen LogP contribution in [0.2, 0.25) is 0 Å². The summed E-state index contributed by atoms with van der Waals surface area (Å²) in [6, 6.07) is 83.9.